The zero-order valence-corrected chi connectivity index (χ0v) is 7.71. The maximum atomic E-state index is 10.1. The molecule has 0 rings (SSSR count). The summed E-state index contributed by atoms with van der Waals surface area (Å²) in [4.78, 5) is 0. The highest BCUT2D eigenvalue weighted by Gasteiger charge is 2.00. The molecule has 3 nitrogen and oxygen atoms in total. The van der Waals surface area contributed by atoms with Crippen molar-refractivity contribution in [1.82, 2.24) is 0 Å². The van der Waals surface area contributed by atoms with Crippen molar-refractivity contribution >= 4 is 11.0 Å². The van der Waals surface area contributed by atoms with Gasteiger partial charge in [0.1, 0.15) is 0 Å². The Morgan fingerprint density at radius 1 is 1.45 bits per heavy atom. The van der Waals surface area contributed by atoms with E-state index in [1.54, 1.807) is 6.08 Å². The zero-order valence-electron chi connectivity index (χ0n) is 6.82. The fourth-order valence-electron chi connectivity index (χ4n) is 0.644. The van der Waals surface area contributed by atoms with Crippen molar-refractivity contribution in [1.29, 1.82) is 0 Å². The minimum Gasteiger partial charge on any atom is -0.265 e. The van der Waals surface area contributed by atoms with Gasteiger partial charge in [0.05, 0.1) is 6.10 Å². The molecular formula is C7H14O3S. The van der Waals surface area contributed by atoms with E-state index in [-0.39, 0.29) is 6.10 Å². The molecule has 0 saturated carbocycles. The van der Waals surface area contributed by atoms with E-state index in [0.29, 0.717) is 6.42 Å². The highest BCUT2D eigenvalue weighted by atomic mass is 32.2. The zero-order chi connectivity index (χ0) is 8.69. The van der Waals surface area contributed by atoms with Crippen LogP contribution < -0.4 is 0 Å². The van der Waals surface area contributed by atoms with Crippen molar-refractivity contribution < 1.29 is 12.6 Å². The first-order valence-corrected chi connectivity index (χ1v) is 4.78. The van der Waals surface area contributed by atoms with E-state index in [4.69, 9.17) is 0 Å². The van der Waals surface area contributed by atoms with E-state index in [2.05, 4.69) is 4.18 Å². The number of hydrogen-bond donors (Lipinski definition) is 1. The third-order valence-electron chi connectivity index (χ3n) is 1.21. The van der Waals surface area contributed by atoms with Crippen LogP contribution in [0.4, 0.5) is 0 Å². The van der Waals surface area contributed by atoms with Gasteiger partial charge < -0.3 is 0 Å². The first-order valence-electron chi connectivity index (χ1n) is 3.68. The smallest absolute Gasteiger partial charge is 0.257 e. The number of thiol groups is 1. The summed E-state index contributed by atoms with van der Waals surface area (Å²) in [5.74, 6) is 0. The summed E-state index contributed by atoms with van der Waals surface area (Å²) in [6.07, 6.45) is 4.96. The Hall–Kier alpha value is -0.350. The molecule has 0 bridgehead atoms. The Bertz CT molecular complexity index is 176. The van der Waals surface area contributed by atoms with Gasteiger partial charge in [-0.25, -0.2) is 8.42 Å². The molecule has 0 aromatic rings. The monoisotopic (exact) mass is 178 g/mol. The Labute approximate surface area is 69.2 Å². The average molecular weight is 178 g/mol. The fraction of sp³-hybridized carbons (Fsp3) is 0.714. The molecule has 1 atom stereocenters. The second kappa shape index (κ2) is 6.37. The highest BCUT2D eigenvalue weighted by Crippen LogP contribution is 2.00. The minimum absolute atomic E-state index is 0.281. The predicted octanol–water partition coefficient (Wildman–Crippen LogP) is 1.27. The summed E-state index contributed by atoms with van der Waals surface area (Å²) < 4.78 is 24.8. The van der Waals surface area contributed by atoms with Crippen LogP contribution in [0.3, 0.4) is 0 Å². The van der Waals surface area contributed by atoms with Gasteiger partial charge in [0, 0.05) is 0 Å². The lowest BCUT2D eigenvalue weighted by Gasteiger charge is -2.03. The molecule has 0 amide bonds. The van der Waals surface area contributed by atoms with Crippen LogP contribution in [0.15, 0.2) is 12.2 Å². The molecule has 0 fully saturated rings. The molecule has 0 aliphatic carbocycles. The van der Waals surface area contributed by atoms with Gasteiger partial charge in [-0.1, -0.05) is 26.0 Å². The summed E-state index contributed by atoms with van der Waals surface area (Å²) in [5, 5.41) is 0. The number of rotatable bonds is 5. The molecule has 0 saturated heterocycles. The van der Waals surface area contributed by atoms with E-state index in [1.807, 2.05) is 19.9 Å². The second-order valence-corrected chi connectivity index (χ2v) is 2.77. The van der Waals surface area contributed by atoms with Crippen molar-refractivity contribution in [3.05, 3.63) is 12.2 Å². The molecule has 0 N–H and O–H groups in total. The van der Waals surface area contributed by atoms with Gasteiger partial charge in [-0.05, 0) is 12.8 Å². The van der Waals surface area contributed by atoms with Gasteiger partial charge >= 0.3 is 0 Å². The van der Waals surface area contributed by atoms with Crippen LogP contribution in [0, 0.1) is 0 Å². The Morgan fingerprint density at radius 2 is 2.09 bits per heavy atom. The molecule has 0 aromatic carbocycles. The Balaban J connectivity index is 3.85. The lowest BCUT2D eigenvalue weighted by atomic mass is 10.2. The highest BCUT2D eigenvalue weighted by molar-refractivity contribution is 7.67. The quantitative estimate of drug-likeness (QED) is 0.509. The first kappa shape index (κ1) is 10.7. The van der Waals surface area contributed by atoms with Gasteiger partial charge in [-0.3, -0.25) is 4.18 Å². The van der Waals surface area contributed by atoms with Crippen LogP contribution in [-0.2, 0) is 15.2 Å². The first-order chi connectivity index (χ1) is 5.20. The van der Waals surface area contributed by atoms with E-state index in [9.17, 15) is 8.42 Å². The Morgan fingerprint density at radius 3 is 2.45 bits per heavy atom. The molecule has 11 heavy (non-hydrogen) atoms. The maximum absolute atomic E-state index is 10.1. The van der Waals surface area contributed by atoms with Crippen LogP contribution in [0.1, 0.15) is 26.7 Å². The van der Waals surface area contributed by atoms with Crippen LogP contribution in [0.2, 0.25) is 0 Å². The third kappa shape index (κ3) is 6.06. The summed E-state index contributed by atoms with van der Waals surface area (Å²) >= 11 is 0. The molecule has 0 aliphatic rings. The van der Waals surface area contributed by atoms with Crippen molar-refractivity contribution in [2.75, 3.05) is 0 Å². The van der Waals surface area contributed by atoms with Gasteiger partial charge in [0.2, 0.25) is 0 Å². The summed E-state index contributed by atoms with van der Waals surface area (Å²) in [7, 11) is -2.71. The van der Waals surface area contributed by atoms with Crippen LogP contribution in [0.5, 0.6) is 0 Å². The van der Waals surface area contributed by atoms with Gasteiger partial charge in [0.15, 0.2) is 0 Å². The summed E-state index contributed by atoms with van der Waals surface area (Å²) in [5.41, 5.74) is 0. The third-order valence-corrected chi connectivity index (χ3v) is 1.65. The number of allylic oxidation sites excluding steroid dienone is 1. The van der Waals surface area contributed by atoms with E-state index in [0.717, 1.165) is 6.42 Å². The molecule has 0 aromatic heterocycles. The molecular weight excluding hydrogens is 164 g/mol. The van der Waals surface area contributed by atoms with Crippen molar-refractivity contribution in [3.8, 4) is 0 Å². The molecule has 66 valence electrons. The van der Waals surface area contributed by atoms with Crippen LogP contribution >= 0.6 is 0 Å². The Kier molecular flexibility index (Phi) is 6.16. The minimum atomic E-state index is -2.71. The fourth-order valence-corrected chi connectivity index (χ4v) is 1.08. The van der Waals surface area contributed by atoms with Crippen molar-refractivity contribution in [2.45, 2.75) is 32.8 Å². The lowest BCUT2D eigenvalue weighted by molar-refractivity contribution is 0.262. The largest absolute Gasteiger partial charge is 0.265 e. The normalized spacial score (nSPS) is 14.5. The van der Waals surface area contributed by atoms with Crippen LogP contribution in [-0.4, -0.2) is 14.5 Å². The van der Waals surface area contributed by atoms with Gasteiger partial charge in [-0.2, -0.15) is 0 Å². The molecule has 4 heteroatoms. The molecule has 0 spiro atoms. The topological polar surface area (TPSA) is 43.4 Å². The van der Waals surface area contributed by atoms with E-state index < -0.39 is 11.0 Å². The van der Waals surface area contributed by atoms with Gasteiger partial charge in [0.25, 0.3) is 11.0 Å². The lowest BCUT2D eigenvalue weighted by Crippen LogP contribution is -2.06. The average Bonchev–Trinajstić information content (AvgIpc) is 1.97. The second-order valence-electron chi connectivity index (χ2n) is 2.11. The maximum Gasteiger partial charge on any atom is 0.257 e. The van der Waals surface area contributed by atoms with E-state index >= 15 is 0 Å². The molecule has 0 aliphatic heterocycles. The predicted molar refractivity (Wildman–Crippen MR) is 44.9 cm³/mol. The van der Waals surface area contributed by atoms with E-state index in [1.165, 1.54) is 0 Å². The van der Waals surface area contributed by atoms with Crippen LogP contribution in [0.25, 0.3) is 0 Å². The molecule has 0 radical (unpaired) electrons. The standard InChI is InChI=1S/C7H14O3S/c1-3-5-6-7(4-2)10-11(8)9/h5-7,11H,3-4H2,1-2H3. The van der Waals surface area contributed by atoms with Crippen molar-refractivity contribution in [3.63, 3.8) is 0 Å². The van der Waals surface area contributed by atoms with Gasteiger partial charge in [-0.15, -0.1) is 0 Å². The summed E-state index contributed by atoms with van der Waals surface area (Å²) in [6, 6.07) is 0. The number of hydrogen-bond acceptors (Lipinski definition) is 3. The molecule has 0 heterocycles. The SMILES string of the molecule is CCC=CC(CC)O[SH](=O)=O. The molecule has 1 unspecified atom stereocenters. The van der Waals surface area contributed by atoms with Crippen molar-refractivity contribution in [2.24, 2.45) is 0 Å². The summed E-state index contributed by atoms with van der Waals surface area (Å²) in [6.45, 7) is 3.87.